The first-order chi connectivity index (χ1) is 17.2. The van der Waals surface area contributed by atoms with Gasteiger partial charge >= 0.3 is 0 Å². The summed E-state index contributed by atoms with van der Waals surface area (Å²) in [5.41, 5.74) is 1.59. The maximum atomic E-state index is 14.7. The molecule has 1 aliphatic rings. The van der Waals surface area contributed by atoms with Gasteiger partial charge in [0, 0.05) is 37.7 Å². The Hall–Kier alpha value is -3.50. The zero-order valence-electron chi connectivity index (χ0n) is 19.0. The molecule has 0 aliphatic carbocycles. The van der Waals surface area contributed by atoms with Crippen molar-refractivity contribution in [3.05, 3.63) is 84.2 Å². The van der Waals surface area contributed by atoms with Gasteiger partial charge in [-0.2, -0.15) is 5.10 Å². The largest absolute Gasteiger partial charge is 0.377 e. The molecule has 0 spiro atoms. The van der Waals surface area contributed by atoms with Crippen LogP contribution >= 0.6 is 11.8 Å². The van der Waals surface area contributed by atoms with E-state index in [1.165, 1.54) is 17.8 Å². The van der Waals surface area contributed by atoms with E-state index in [-0.39, 0.29) is 17.8 Å². The molecule has 5 rings (SSSR count). The molecule has 0 saturated carbocycles. The van der Waals surface area contributed by atoms with Gasteiger partial charge in [-0.1, -0.05) is 36.0 Å². The highest BCUT2D eigenvalue weighted by Gasteiger charge is 2.21. The van der Waals surface area contributed by atoms with Crippen LogP contribution in [0.2, 0.25) is 0 Å². The number of nitrogens with zero attached hydrogens (tertiary/aromatic N) is 5. The molecule has 4 aromatic rings. The van der Waals surface area contributed by atoms with Crippen LogP contribution in [0.25, 0.3) is 11.4 Å². The number of rotatable bonds is 9. The highest BCUT2D eigenvalue weighted by atomic mass is 32.2. The van der Waals surface area contributed by atoms with E-state index >= 15 is 0 Å². The van der Waals surface area contributed by atoms with Crippen LogP contribution in [0.1, 0.15) is 29.0 Å². The smallest absolute Gasteiger partial charge is 0.253 e. The fraction of sp³-hybridized carbons (Fsp3) is 0.280. The molecule has 1 fully saturated rings. The van der Waals surface area contributed by atoms with Crippen LogP contribution in [0.5, 0.6) is 0 Å². The average molecular weight is 493 g/mol. The standard InChI is InChI=1S/C25H25FN6O2S/c26-20-9-2-4-11-22(20)32-23(29-30-25(32)35-17-18-7-5-16-34-18)12-14-27-24(33)19-8-1-3-10-21(19)31-15-6-13-28-31/h1-4,6,8-11,13,15,18H,5,7,12,14,16-17H2,(H,27,33)/t18-/m0/s1. The van der Waals surface area contributed by atoms with Gasteiger partial charge in [-0.15, -0.1) is 10.2 Å². The number of thioether (sulfide) groups is 1. The van der Waals surface area contributed by atoms with E-state index in [1.807, 2.05) is 18.2 Å². The van der Waals surface area contributed by atoms with E-state index in [0.29, 0.717) is 40.9 Å². The Bertz CT molecular complexity index is 1290. The highest BCUT2D eigenvalue weighted by Crippen LogP contribution is 2.27. The van der Waals surface area contributed by atoms with Gasteiger partial charge < -0.3 is 10.1 Å². The number of aromatic nitrogens is 5. The lowest BCUT2D eigenvalue weighted by Crippen LogP contribution is -2.27. The number of ether oxygens (including phenoxy) is 1. The van der Waals surface area contributed by atoms with Crippen molar-refractivity contribution < 1.29 is 13.9 Å². The summed E-state index contributed by atoms with van der Waals surface area (Å²) in [6.07, 6.45) is 6.08. The quantitative estimate of drug-likeness (QED) is 0.358. The zero-order valence-corrected chi connectivity index (χ0v) is 19.8. The Balaban J connectivity index is 1.31. The van der Waals surface area contributed by atoms with Gasteiger partial charge in [-0.05, 0) is 43.2 Å². The number of carbonyl (C=O) groups is 1. The van der Waals surface area contributed by atoms with E-state index < -0.39 is 0 Å². The monoisotopic (exact) mass is 492 g/mol. The normalized spacial score (nSPS) is 15.4. The van der Waals surface area contributed by atoms with Crippen molar-refractivity contribution in [2.75, 3.05) is 18.9 Å². The molecule has 1 atom stereocenters. The van der Waals surface area contributed by atoms with Crippen molar-refractivity contribution in [1.82, 2.24) is 29.9 Å². The lowest BCUT2D eigenvalue weighted by molar-refractivity contribution is 0.0953. The molecule has 1 N–H and O–H groups in total. The predicted octanol–water partition coefficient (Wildman–Crippen LogP) is 3.84. The molecule has 10 heteroatoms. The number of hydrogen-bond acceptors (Lipinski definition) is 6. The van der Waals surface area contributed by atoms with Crippen LogP contribution in [0.15, 0.2) is 72.1 Å². The van der Waals surface area contributed by atoms with Gasteiger partial charge in [0.05, 0.1) is 23.0 Å². The summed E-state index contributed by atoms with van der Waals surface area (Å²) in [6, 6.07) is 15.6. The molecule has 35 heavy (non-hydrogen) atoms. The Kier molecular flexibility index (Phi) is 7.20. The number of amides is 1. The van der Waals surface area contributed by atoms with Crippen LogP contribution in [0.3, 0.4) is 0 Å². The van der Waals surface area contributed by atoms with Crippen LogP contribution in [0.4, 0.5) is 4.39 Å². The molecule has 0 radical (unpaired) electrons. The maximum absolute atomic E-state index is 14.7. The van der Waals surface area contributed by atoms with E-state index in [1.54, 1.807) is 52.0 Å². The Morgan fingerprint density at radius 2 is 1.94 bits per heavy atom. The molecule has 8 nitrogen and oxygen atoms in total. The van der Waals surface area contributed by atoms with Crippen molar-refractivity contribution in [2.45, 2.75) is 30.5 Å². The number of hydrogen-bond donors (Lipinski definition) is 1. The molecule has 0 bridgehead atoms. The Labute approximate surface area is 206 Å². The van der Waals surface area contributed by atoms with Gasteiger partial charge in [-0.3, -0.25) is 9.36 Å². The average Bonchev–Trinajstić information content (AvgIpc) is 3.66. The minimum absolute atomic E-state index is 0.170. The molecule has 180 valence electrons. The zero-order chi connectivity index (χ0) is 24.0. The number of nitrogens with one attached hydrogen (secondary N) is 1. The lowest BCUT2D eigenvalue weighted by atomic mass is 10.1. The van der Waals surface area contributed by atoms with E-state index in [0.717, 1.165) is 25.2 Å². The van der Waals surface area contributed by atoms with Crippen molar-refractivity contribution in [3.63, 3.8) is 0 Å². The van der Waals surface area contributed by atoms with E-state index in [4.69, 9.17) is 4.74 Å². The number of benzene rings is 2. The second-order valence-electron chi connectivity index (χ2n) is 8.11. The fourth-order valence-corrected chi connectivity index (χ4v) is 5.06. The van der Waals surface area contributed by atoms with Crippen molar-refractivity contribution in [3.8, 4) is 11.4 Å². The topological polar surface area (TPSA) is 86.9 Å². The summed E-state index contributed by atoms with van der Waals surface area (Å²) in [7, 11) is 0. The number of carbonyl (C=O) groups excluding carboxylic acids is 1. The SMILES string of the molecule is O=C(NCCc1nnc(SC[C@@H]2CCCO2)n1-c1ccccc1F)c1ccccc1-n1cccn1. The van der Waals surface area contributed by atoms with Crippen LogP contribution in [-0.2, 0) is 11.2 Å². The lowest BCUT2D eigenvalue weighted by Gasteiger charge is -2.13. The summed E-state index contributed by atoms with van der Waals surface area (Å²) >= 11 is 1.51. The molecule has 1 saturated heterocycles. The van der Waals surface area contributed by atoms with Crippen molar-refractivity contribution in [1.29, 1.82) is 0 Å². The minimum atomic E-state index is -0.357. The van der Waals surface area contributed by atoms with Crippen molar-refractivity contribution in [2.24, 2.45) is 0 Å². The number of para-hydroxylation sites is 2. The Morgan fingerprint density at radius 3 is 2.71 bits per heavy atom. The van der Waals surface area contributed by atoms with Gasteiger partial charge in [0.15, 0.2) is 5.16 Å². The summed E-state index contributed by atoms with van der Waals surface area (Å²) in [6.45, 7) is 1.09. The molecule has 2 aromatic carbocycles. The summed E-state index contributed by atoms with van der Waals surface area (Å²) < 4.78 is 23.8. The summed E-state index contributed by atoms with van der Waals surface area (Å²) in [5.74, 6) is 0.726. The first-order valence-electron chi connectivity index (χ1n) is 11.5. The first-order valence-corrected chi connectivity index (χ1v) is 12.5. The minimum Gasteiger partial charge on any atom is -0.377 e. The molecule has 2 aromatic heterocycles. The van der Waals surface area contributed by atoms with E-state index in [9.17, 15) is 9.18 Å². The second kappa shape index (κ2) is 10.8. The summed E-state index contributed by atoms with van der Waals surface area (Å²) in [4.78, 5) is 12.9. The third-order valence-electron chi connectivity index (χ3n) is 5.75. The molecular weight excluding hydrogens is 467 g/mol. The predicted molar refractivity (Wildman–Crippen MR) is 131 cm³/mol. The van der Waals surface area contributed by atoms with E-state index in [2.05, 4.69) is 20.6 Å². The van der Waals surface area contributed by atoms with Gasteiger partial charge in [0.1, 0.15) is 11.6 Å². The van der Waals surface area contributed by atoms with Crippen LogP contribution in [0, 0.1) is 5.82 Å². The summed E-state index contributed by atoms with van der Waals surface area (Å²) in [5, 5.41) is 16.4. The molecule has 0 unspecified atom stereocenters. The van der Waals surface area contributed by atoms with Crippen LogP contribution < -0.4 is 5.32 Å². The van der Waals surface area contributed by atoms with Gasteiger partial charge in [0.25, 0.3) is 5.91 Å². The first kappa shape index (κ1) is 23.3. The fourth-order valence-electron chi connectivity index (χ4n) is 4.03. The third kappa shape index (κ3) is 5.28. The third-order valence-corrected chi connectivity index (χ3v) is 6.81. The van der Waals surface area contributed by atoms with Crippen LogP contribution in [-0.4, -0.2) is 55.5 Å². The number of halogens is 1. The Morgan fingerprint density at radius 1 is 1.11 bits per heavy atom. The molecule has 3 heterocycles. The molecule has 1 aliphatic heterocycles. The van der Waals surface area contributed by atoms with Crippen molar-refractivity contribution >= 4 is 17.7 Å². The molecular formula is C25H25FN6O2S. The van der Waals surface area contributed by atoms with Gasteiger partial charge in [0.2, 0.25) is 0 Å². The maximum Gasteiger partial charge on any atom is 0.253 e. The molecule has 1 amide bonds. The highest BCUT2D eigenvalue weighted by molar-refractivity contribution is 7.99. The van der Waals surface area contributed by atoms with Gasteiger partial charge in [-0.25, -0.2) is 9.07 Å². The second-order valence-corrected chi connectivity index (χ2v) is 9.09.